The molecule has 1 atom stereocenters. The maximum atomic E-state index is 12.7. The molecule has 0 aliphatic rings. The van der Waals surface area contributed by atoms with E-state index in [-0.39, 0.29) is 11.8 Å². The average Bonchev–Trinajstić information content (AvgIpc) is 3.05. The van der Waals surface area contributed by atoms with Gasteiger partial charge in [-0.3, -0.25) is 0 Å². The van der Waals surface area contributed by atoms with E-state index >= 15 is 0 Å². The lowest BCUT2D eigenvalue weighted by molar-refractivity contribution is -0.141. The highest BCUT2D eigenvalue weighted by Crippen LogP contribution is 2.28. The Hall–Kier alpha value is -2.97. The fourth-order valence-corrected chi connectivity index (χ4v) is 1.95. The van der Waals surface area contributed by atoms with E-state index in [9.17, 15) is 13.2 Å². The van der Waals surface area contributed by atoms with Crippen LogP contribution in [-0.4, -0.2) is 20.1 Å². The average molecular weight is 335 g/mol. The predicted molar refractivity (Wildman–Crippen MR) is 78.8 cm³/mol. The van der Waals surface area contributed by atoms with Crippen molar-refractivity contribution >= 4 is 5.95 Å². The molecule has 0 aliphatic heterocycles. The summed E-state index contributed by atoms with van der Waals surface area (Å²) in [6, 6.07) is 9.41. The Balaban J connectivity index is 1.76. The molecule has 0 spiro atoms. The summed E-state index contributed by atoms with van der Waals surface area (Å²) in [4.78, 5) is 11.4. The summed E-state index contributed by atoms with van der Waals surface area (Å²) in [5.41, 5.74) is -0.274. The van der Waals surface area contributed by atoms with E-state index in [0.717, 1.165) is 17.8 Å². The van der Waals surface area contributed by atoms with Gasteiger partial charge < -0.3 is 9.84 Å². The smallest absolute Gasteiger partial charge is 0.344 e. The molecule has 0 fully saturated rings. The van der Waals surface area contributed by atoms with Crippen LogP contribution in [0, 0.1) is 0 Å². The quantitative estimate of drug-likeness (QED) is 0.783. The Labute approximate surface area is 134 Å². The van der Waals surface area contributed by atoms with Crippen molar-refractivity contribution in [3.8, 4) is 11.5 Å². The minimum Gasteiger partial charge on any atom is -0.344 e. The Morgan fingerprint density at radius 2 is 1.83 bits per heavy atom. The van der Waals surface area contributed by atoms with Crippen LogP contribution in [0.2, 0.25) is 0 Å². The van der Waals surface area contributed by atoms with E-state index in [0.29, 0.717) is 5.89 Å². The fraction of sp³-hybridized carbons (Fsp3) is 0.200. The van der Waals surface area contributed by atoms with Gasteiger partial charge in [-0.25, -0.2) is 9.97 Å². The highest BCUT2D eigenvalue weighted by Gasteiger charge is 2.33. The van der Waals surface area contributed by atoms with Gasteiger partial charge in [0.2, 0.25) is 5.95 Å². The Bertz CT molecular complexity index is 819. The number of anilines is 1. The zero-order valence-corrected chi connectivity index (χ0v) is 12.4. The lowest BCUT2D eigenvalue weighted by Gasteiger charge is -2.11. The largest absolute Gasteiger partial charge is 0.433 e. The molecular weight excluding hydrogens is 323 g/mol. The van der Waals surface area contributed by atoms with Crippen LogP contribution in [0.15, 0.2) is 47.1 Å². The van der Waals surface area contributed by atoms with Crippen molar-refractivity contribution < 1.29 is 17.7 Å². The third-order valence-corrected chi connectivity index (χ3v) is 3.14. The molecule has 0 bridgehead atoms. The van der Waals surface area contributed by atoms with Gasteiger partial charge in [-0.2, -0.15) is 18.2 Å². The van der Waals surface area contributed by atoms with Crippen LogP contribution < -0.4 is 5.32 Å². The molecule has 2 aromatic heterocycles. The first-order chi connectivity index (χ1) is 11.4. The Morgan fingerprint density at radius 1 is 1.08 bits per heavy atom. The number of alkyl halides is 3. The summed E-state index contributed by atoms with van der Waals surface area (Å²) in [7, 11) is 0. The number of rotatable bonds is 4. The number of hydrogen-bond donors (Lipinski definition) is 1. The highest BCUT2D eigenvalue weighted by molar-refractivity contribution is 5.52. The summed E-state index contributed by atoms with van der Waals surface area (Å²) in [6.07, 6.45) is -3.49. The summed E-state index contributed by atoms with van der Waals surface area (Å²) in [6.45, 7) is 1.67. The van der Waals surface area contributed by atoms with Gasteiger partial charge in [-0.1, -0.05) is 23.4 Å². The zero-order valence-electron chi connectivity index (χ0n) is 12.4. The first kappa shape index (κ1) is 15.9. The predicted octanol–water partition coefficient (Wildman–Crippen LogP) is 3.72. The van der Waals surface area contributed by atoms with E-state index in [1.165, 1.54) is 0 Å². The molecule has 0 amide bonds. The molecule has 1 unspecified atom stereocenters. The first-order valence-corrected chi connectivity index (χ1v) is 6.99. The number of benzene rings is 1. The van der Waals surface area contributed by atoms with Crippen molar-refractivity contribution in [3.63, 3.8) is 0 Å². The lowest BCUT2D eigenvalue weighted by atomic mass is 10.2. The van der Waals surface area contributed by atoms with Crippen LogP contribution in [0.5, 0.6) is 0 Å². The second-order valence-corrected chi connectivity index (χ2v) is 4.95. The third kappa shape index (κ3) is 3.50. The van der Waals surface area contributed by atoms with E-state index in [4.69, 9.17) is 4.52 Å². The third-order valence-electron chi connectivity index (χ3n) is 3.14. The number of nitrogens with one attached hydrogen (secondary N) is 1. The second kappa shape index (κ2) is 6.26. The van der Waals surface area contributed by atoms with Gasteiger partial charge in [0, 0.05) is 11.8 Å². The van der Waals surface area contributed by atoms with Crippen LogP contribution in [-0.2, 0) is 6.18 Å². The molecule has 1 N–H and O–H groups in total. The SMILES string of the molecule is CC(Nc1nccc(C(F)(F)F)n1)c1noc(-c2ccccc2)n1. The van der Waals surface area contributed by atoms with E-state index in [2.05, 4.69) is 25.4 Å². The molecule has 6 nitrogen and oxygen atoms in total. The summed E-state index contributed by atoms with van der Waals surface area (Å²) in [5, 5.41) is 6.56. The second-order valence-electron chi connectivity index (χ2n) is 4.95. The van der Waals surface area contributed by atoms with Crippen LogP contribution >= 0.6 is 0 Å². The minimum absolute atomic E-state index is 0.164. The lowest BCUT2D eigenvalue weighted by Crippen LogP contribution is -2.14. The fourth-order valence-electron chi connectivity index (χ4n) is 1.95. The Morgan fingerprint density at radius 3 is 2.54 bits per heavy atom. The van der Waals surface area contributed by atoms with Crippen molar-refractivity contribution in [1.82, 2.24) is 20.1 Å². The molecule has 0 saturated carbocycles. The van der Waals surface area contributed by atoms with E-state index in [1.54, 1.807) is 6.92 Å². The molecular formula is C15H12F3N5O. The summed E-state index contributed by atoms with van der Waals surface area (Å²) in [5.74, 6) is 0.447. The van der Waals surface area contributed by atoms with Gasteiger partial charge in [-0.05, 0) is 25.1 Å². The number of nitrogens with zero attached hydrogens (tertiary/aromatic N) is 4. The molecule has 0 aliphatic carbocycles. The molecule has 24 heavy (non-hydrogen) atoms. The molecule has 124 valence electrons. The van der Waals surface area contributed by atoms with Crippen LogP contribution in [0.4, 0.5) is 19.1 Å². The van der Waals surface area contributed by atoms with E-state index in [1.807, 2.05) is 30.3 Å². The first-order valence-electron chi connectivity index (χ1n) is 6.99. The van der Waals surface area contributed by atoms with Crippen molar-refractivity contribution in [2.75, 3.05) is 5.32 Å². The maximum Gasteiger partial charge on any atom is 0.433 e. The number of aromatic nitrogens is 4. The van der Waals surface area contributed by atoms with Gasteiger partial charge in [0.05, 0.1) is 6.04 Å². The molecule has 9 heteroatoms. The molecule has 3 aromatic rings. The molecule has 1 aromatic carbocycles. The van der Waals surface area contributed by atoms with Gasteiger partial charge in [0.15, 0.2) is 5.82 Å². The normalized spacial score (nSPS) is 12.8. The van der Waals surface area contributed by atoms with Crippen molar-refractivity contribution in [3.05, 3.63) is 54.1 Å². The maximum absolute atomic E-state index is 12.7. The van der Waals surface area contributed by atoms with Crippen LogP contribution in [0.3, 0.4) is 0 Å². The molecule has 2 heterocycles. The molecule has 0 radical (unpaired) electrons. The Kier molecular flexibility index (Phi) is 4.15. The van der Waals surface area contributed by atoms with Gasteiger partial charge in [-0.15, -0.1) is 0 Å². The zero-order chi connectivity index (χ0) is 17.2. The summed E-state index contributed by atoms with van der Waals surface area (Å²) < 4.78 is 43.2. The standard InChI is InChI=1S/C15H12F3N5O/c1-9(20-14-19-8-7-11(21-14)15(16,17)18)12-22-13(24-23-12)10-5-3-2-4-6-10/h2-9H,1H3,(H,19,20,21). The van der Waals surface area contributed by atoms with Gasteiger partial charge in [0.1, 0.15) is 5.69 Å². The molecule has 0 saturated heterocycles. The summed E-state index contributed by atoms with van der Waals surface area (Å²) >= 11 is 0. The number of halogens is 3. The van der Waals surface area contributed by atoms with Crippen molar-refractivity contribution in [1.29, 1.82) is 0 Å². The topological polar surface area (TPSA) is 76.7 Å². The molecule has 3 rings (SSSR count). The number of hydrogen-bond acceptors (Lipinski definition) is 6. The van der Waals surface area contributed by atoms with Gasteiger partial charge >= 0.3 is 6.18 Å². The highest BCUT2D eigenvalue weighted by atomic mass is 19.4. The van der Waals surface area contributed by atoms with Crippen molar-refractivity contribution in [2.24, 2.45) is 0 Å². The van der Waals surface area contributed by atoms with E-state index < -0.39 is 17.9 Å². The van der Waals surface area contributed by atoms with Gasteiger partial charge in [0.25, 0.3) is 5.89 Å². The minimum atomic E-state index is -4.53. The monoisotopic (exact) mass is 335 g/mol. The van der Waals surface area contributed by atoms with Crippen molar-refractivity contribution in [2.45, 2.75) is 19.1 Å². The van der Waals surface area contributed by atoms with Crippen LogP contribution in [0.1, 0.15) is 24.5 Å². The van der Waals surface area contributed by atoms with Crippen LogP contribution in [0.25, 0.3) is 11.5 Å².